The number of benzene rings is 1. The van der Waals surface area contributed by atoms with E-state index in [-0.39, 0.29) is 10.9 Å². The summed E-state index contributed by atoms with van der Waals surface area (Å²) in [4.78, 5) is -0.246. The van der Waals surface area contributed by atoms with Crippen LogP contribution in [0.5, 0.6) is 0 Å². The van der Waals surface area contributed by atoms with Crippen LogP contribution in [0.25, 0.3) is 0 Å². The molecule has 0 amide bonds. The molecule has 0 unspecified atom stereocenters. The highest BCUT2D eigenvalue weighted by molar-refractivity contribution is 7.89. The van der Waals surface area contributed by atoms with Crippen molar-refractivity contribution in [2.45, 2.75) is 51.1 Å². The van der Waals surface area contributed by atoms with Crippen molar-refractivity contribution in [3.63, 3.8) is 0 Å². The van der Waals surface area contributed by atoms with E-state index < -0.39 is 15.8 Å². The Morgan fingerprint density at radius 2 is 2.00 bits per heavy atom. The van der Waals surface area contributed by atoms with Gasteiger partial charge < -0.3 is 5.32 Å². The number of sulfonamides is 1. The normalized spacial score (nSPS) is 12.3. The maximum absolute atomic E-state index is 13.9. The van der Waals surface area contributed by atoms with Crippen LogP contribution in [0.2, 0.25) is 0 Å². The monoisotopic (exact) mass is 316 g/mol. The quantitative estimate of drug-likeness (QED) is 0.802. The zero-order valence-electron chi connectivity index (χ0n) is 13.2. The molecule has 0 bridgehead atoms. The maximum atomic E-state index is 13.9. The van der Waals surface area contributed by atoms with Crippen LogP contribution in [-0.4, -0.2) is 32.4 Å². The number of hydrogen-bond acceptors (Lipinski definition) is 3. The van der Waals surface area contributed by atoms with Crippen molar-refractivity contribution in [2.24, 2.45) is 0 Å². The molecule has 0 aliphatic heterocycles. The molecule has 1 aromatic carbocycles. The average Bonchev–Trinajstić information content (AvgIpc) is 2.43. The largest absolute Gasteiger partial charge is 0.310 e. The number of halogens is 1. The van der Waals surface area contributed by atoms with Crippen LogP contribution >= 0.6 is 0 Å². The second-order valence-corrected chi connectivity index (χ2v) is 7.49. The molecule has 0 aliphatic carbocycles. The summed E-state index contributed by atoms with van der Waals surface area (Å²) in [7, 11) is -2.28. The van der Waals surface area contributed by atoms with Crippen LogP contribution in [0, 0.1) is 5.82 Å². The number of nitrogens with one attached hydrogen (secondary N) is 1. The van der Waals surface area contributed by atoms with E-state index in [1.54, 1.807) is 6.07 Å². The van der Waals surface area contributed by atoms with E-state index in [2.05, 4.69) is 5.32 Å². The van der Waals surface area contributed by atoms with Crippen LogP contribution < -0.4 is 5.32 Å². The molecule has 120 valence electrons. The molecule has 4 nitrogen and oxygen atoms in total. The number of unbranched alkanes of at least 4 members (excludes halogenated alkanes) is 1. The zero-order valence-corrected chi connectivity index (χ0v) is 14.0. The summed E-state index contributed by atoms with van der Waals surface area (Å²) in [5.41, 5.74) is 0.757. The SMILES string of the molecule is CCCCN(C)S(=O)(=O)c1cc(CNC(C)C)ccc1F. The first kappa shape index (κ1) is 18.1. The second kappa shape index (κ2) is 7.87. The van der Waals surface area contributed by atoms with Crippen molar-refractivity contribution >= 4 is 10.0 Å². The Bertz CT molecular complexity index is 559. The molecule has 0 radical (unpaired) electrons. The van der Waals surface area contributed by atoms with Crippen molar-refractivity contribution < 1.29 is 12.8 Å². The minimum atomic E-state index is -3.77. The van der Waals surface area contributed by atoms with Gasteiger partial charge >= 0.3 is 0 Å². The van der Waals surface area contributed by atoms with E-state index in [0.29, 0.717) is 13.1 Å². The molecule has 0 aromatic heterocycles. The molecule has 1 N–H and O–H groups in total. The van der Waals surface area contributed by atoms with E-state index in [9.17, 15) is 12.8 Å². The van der Waals surface area contributed by atoms with Crippen molar-refractivity contribution in [3.05, 3.63) is 29.6 Å². The highest BCUT2D eigenvalue weighted by Crippen LogP contribution is 2.20. The third-order valence-electron chi connectivity index (χ3n) is 3.22. The number of hydrogen-bond donors (Lipinski definition) is 1. The highest BCUT2D eigenvalue weighted by atomic mass is 32.2. The molecule has 21 heavy (non-hydrogen) atoms. The van der Waals surface area contributed by atoms with Crippen LogP contribution in [0.15, 0.2) is 23.1 Å². The topological polar surface area (TPSA) is 49.4 Å². The van der Waals surface area contributed by atoms with E-state index in [0.717, 1.165) is 18.4 Å². The van der Waals surface area contributed by atoms with Gasteiger partial charge in [-0.3, -0.25) is 0 Å². The number of nitrogens with zero attached hydrogens (tertiary/aromatic N) is 1. The molecule has 0 heterocycles. The lowest BCUT2D eigenvalue weighted by atomic mass is 10.2. The molecule has 0 saturated carbocycles. The Kier molecular flexibility index (Phi) is 6.77. The second-order valence-electron chi connectivity index (χ2n) is 5.48. The summed E-state index contributed by atoms with van der Waals surface area (Å²) in [6.45, 7) is 6.89. The lowest BCUT2D eigenvalue weighted by molar-refractivity contribution is 0.453. The van der Waals surface area contributed by atoms with Gasteiger partial charge in [0.15, 0.2) is 0 Å². The van der Waals surface area contributed by atoms with Crippen LogP contribution in [0.4, 0.5) is 4.39 Å². The van der Waals surface area contributed by atoms with Gasteiger partial charge in [0.2, 0.25) is 10.0 Å². The lowest BCUT2D eigenvalue weighted by Crippen LogP contribution is -2.29. The molecule has 0 saturated heterocycles. The minimum absolute atomic E-state index is 0.246. The molecule has 0 fully saturated rings. The van der Waals surface area contributed by atoms with Crippen LogP contribution in [-0.2, 0) is 16.6 Å². The predicted molar refractivity (Wildman–Crippen MR) is 83.1 cm³/mol. The average molecular weight is 316 g/mol. The molecule has 0 aliphatic rings. The van der Waals surface area contributed by atoms with Gasteiger partial charge in [0.1, 0.15) is 10.7 Å². The van der Waals surface area contributed by atoms with Gasteiger partial charge in [-0.25, -0.2) is 17.1 Å². The smallest absolute Gasteiger partial charge is 0.245 e. The number of rotatable bonds is 8. The molecule has 0 atom stereocenters. The summed E-state index contributed by atoms with van der Waals surface area (Å²) in [5, 5.41) is 3.19. The Morgan fingerprint density at radius 3 is 2.57 bits per heavy atom. The molecule has 0 spiro atoms. The first-order valence-corrected chi connectivity index (χ1v) is 8.71. The molecule has 1 aromatic rings. The minimum Gasteiger partial charge on any atom is -0.310 e. The predicted octanol–water partition coefficient (Wildman–Crippen LogP) is 2.74. The van der Waals surface area contributed by atoms with E-state index in [4.69, 9.17) is 0 Å². The van der Waals surface area contributed by atoms with Gasteiger partial charge in [-0.15, -0.1) is 0 Å². The maximum Gasteiger partial charge on any atom is 0.245 e. The Morgan fingerprint density at radius 1 is 1.33 bits per heavy atom. The van der Waals surface area contributed by atoms with Crippen LogP contribution in [0.3, 0.4) is 0 Å². The summed E-state index contributed by atoms with van der Waals surface area (Å²) < 4.78 is 40.0. The van der Waals surface area contributed by atoms with Crippen LogP contribution in [0.1, 0.15) is 39.2 Å². The summed E-state index contributed by atoms with van der Waals surface area (Å²) in [6, 6.07) is 4.53. The molecule has 6 heteroatoms. The van der Waals surface area contributed by atoms with Gasteiger partial charge in [-0.05, 0) is 24.1 Å². The van der Waals surface area contributed by atoms with E-state index in [1.165, 1.54) is 23.5 Å². The van der Waals surface area contributed by atoms with E-state index >= 15 is 0 Å². The molecule has 1 rings (SSSR count). The third-order valence-corrected chi connectivity index (χ3v) is 5.10. The Labute approximate surface area is 127 Å². The fraction of sp³-hybridized carbons (Fsp3) is 0.600. The van der Waals surface area contributed by atoms with Gasteiger partial charge in [-0.1, -0.05) is 33.3 Å². The van der Waals surface area contributed by atoms with Gasteiger partial charge in [0.05, 0.1) is 0 Å². The molecular weight excluding hydrogens is 291 g/mol. The lowest BCUT2D eigenvalue weighted by Gasteiger charge is -2.18. The fourth-order valence-corrected chi connectivity index (χ4v) is 3.17. The summed E-state index contributed by atoms with van der Waals surface area (Å²) in [5.74, 6) is -0.702. The van der Waals surface area contributed by atoms with Crippen molar-refractivity contribution in [1.29, 1.82) is 0 Å². The third kappa shape index (κ3) is 5.05. The van der Waals surface area contributed by atoms with Crippen molar-refractivity contribution in [3.8, 4) is 0 Å². The fourth-order valence-electron chi connectivity index (χ4n) is 1.85. The van der Waals surface area contributed by atoms with Crippen molar-refractivity contribution in [1.82, 2.24) is 9.62 Å². The van der Waals surface area contributed by atoms with Gasteiger partial charge in [0, 0.05) is 26.2 Å². The summed E-state index contributed by atoms with van der Waals surface area (Å²) >= 11 is 0. The van der Waals surface area contributed by atoms with Gasteiger partial charge in [-0.2, -0.15) is 0 Å². The first-order chi connectivity index (χ1) is 9.78. The first-order valence-electron chi connectivity index (χ1n) is 7.27. The Balaban J connectivity index is 3.02. The van der Waals surface area contributed by atoms with Crippen molar-refractivity contribution in [2.75, 3.05) is 13.6 Å². The summed E-state index contributed by atoms with van der Waals surface area (Å²) in [6.07, 6.45) is 1.65. The zero-order chi connectivity index (χ0) is 16.0. The molecular formula is C15H25FN2O2S. The highest BCUT2D eigenvalue weighted by Gasteiger charge is 2.24. The van der Waals surface area contributed by atoms with E-state index in [1.807, 2.05) is 20.8 Å². The standard InChI is InChI=1S/C15H25FN2O2S/c1-5-6-9-18(4)21(19,20)15-10-13(7-8-14(15)16)11-17-12(2)3/h7-8,10,12,17H,5-6,9,11H2,1-4H3. The van der Waals surface area contributed by atoms with Gasteiger partial charge in [0.25, 0.3) is 0 Å². The Hall–Kier alpha value is -0.980.